The minimum Gasteiger partial charge on any atom is -0.400 e. The summed E-state index contributed by atoms with van der Waals surface area (Å²) < 4.78 is 0. The van der Waals surface area contributed by atoms with E-state index in [-0.39, 0.29) is 0 Å². The van der Waals surface area contributed by atoms with Crippen LogP contribution in [-0.2, 0) is 6.42 Å². The molecule has 2 rings (SSSR count). The van der Waals surface area contributed by atoms with Crippen molar-refractivity contribution in [3.63, 3.8) is 0 Å². The van der Waals surface area contributed by atoms with Gasteiger partial charge in [0.1, 0.15) is 0 Å². The highest BCUT2D eigenvalue weighted by Gasteiger charge is 2.18. The first-order valence-corrected chi connectivity index (χ1v) is 11.0. The van der Waals surface area contributed by atoms with Crippen LogP contribution < -0.4 is 0 Å². The molecule has 0 aliphatic rings. The predicted octanol–water partition coefficient (Wildman–Crippen LogP) is 8.34. The maximum atomic E-state index is 7.00. The molecule has 1 aromatic carbocycles. The van der Waals surface area contributed by atoms with Gasteiger partial charge in [0.05, 0.1) is 11.4 Å². The highest BCUT2D eigenvalue weighted by molar-refractivity contribution is 6.31. The summed E-state index contributed by atoms with van der Waals surface area (Å²) in [6.45, 7) is 20.1. The van der Waals surface area contributed by atoms with Gasteiger partial charge in [-0.1, -0.05) is 98.5 Å². The number of nitrogens with zero attached hydrogens (tertiary/aromatic N) is 1. The normalized spacial score (nSPS) is 11.7. The second kappa shape index (κ2) is 13.5. The Kier molecular flexibility index (Phi) is 11.4. The molecule has 1 N–H and O–H groups in total. The molecule has 0 saturated heterocycles. The molecule has 0 radical (unpaired) electrons. The van der Waals surface area contributed by atoms with E-state index in [0.29, 0.717) is 5.03 Å². The van der Waals surface area contributed by atoms with Crippen molar-refractivity contribution < 1.29 is 5.11 Å². The van der Waals surface area contributed by atoms with E-state index < -0.39 is 0 Å². The smallest absolute Gasteiger partial charge is 0.0747 e. The molecule has 0 bridgehead atoms. The van der Waals surface area contributed by atoms with Crippen LogP contribution in [0.4, 0.5) is 0 Å². The van der Waals surface area contributed by atoms with Gasteiger partial charge in [0.25, 0.3) is 0 Å². The number of aliphatic hydroxyl groups is 1. The average Bonchev–Trinajstić information content (AvgIpc) is 2.79. The number of hydrogen-bond acceptors (Lipinski definition) is 2. The Labute approximate surface area is 198 Å². The summed E-state index contributed by atoms with van der Waals surface area (Å²) in [6.07, 6.45) is 12.5. The second-order valence-corrected chi connectivity index (χ2v) is 7.71. The molecule has 0 unspecified atom stereocenters. The van der Waals surface area contributed by atoms with Gasteiger partial charge >= 0.3 is 0 Å². The number of halogens is 1. The van der Waals surface area contributed by atoms with Crippen LogP contribution in [0.5, 0.6) is 0 Å². The molecule has 0 atom stereocenters. The van der Waals surface area contributed by atoms with Crippen LogP contribution in [0.25, 0.3) is 34.6 Å². The van der Waals surface area contributed by atoms with Crippen molar-refractivity contribution >= 4 is 34.9 Å². The third kappa shape index (κ3) is 6.53. The van der Waals surface area contributed by atoms with Crippen LogP contribution in [-0.4, -0.2) is 17.2 Å². The molecule has 168 valence electrons. The monoisotopic (exact) mass is 447 g/mol. The molecule has 1 aromatic heterocycles. The quantitative estimate of drug-likeness (QED) is 0.412. The zero-order valence-corrected chi connectivity index (χ0v) is 20.6. The van der Waals surface area contributed by atoms with Crippen LogP contribution in [0.3, 0.4) is 0 Å². The Balaban J connectivity index is 0.00000249. The van der Waals surface area contributed by atoms with Crippen LogP contribution in [0.1, 0.15) is 55.6 Å². The van der Waals surface area contributed by atoms with E-state index in [4.69, 9.17) is 21.7 Å². The Morgan fingerprint density at radius 2 is 1.75 bits per heavy atom. The molecule has 0 fully saturated rings. The minimum absolute atomic E-state index is 0.675. The lowest BCUT2D eigenvalue weighted by molar-refractivity contribution is 0.399. The van der Waals surface area contributed by atoms with Crippen LogP contribution in [0.15, 0.2) is 73.3 Å². The number of pyridine rings is 1. The van der Waals surface area contributed by atoms with Gasteiger partial charge in [-0.05, 0) is 55.5 Å². The van der Waals surface area contributed by atoms with Gasteiger partial charge in [-0.25, -0.2) is 4.98 Å². The Morgan fingerprint density at radius 3 is 2.19 bits per heavy atom. The Hall–Kier alpha value is -2.94. The number of aliphatic hydroxyl groups excluding tert-OH is 1. The van der Waals surface area contributed by atoms with E-state index in [9.17, 15) is 0 Å². The average molecular weight is 448 g/mol. The third-order valence-electron chi connectivity index (χ3n) is 4.82. The van der Waals surface area contributed by atoms with E-state index in [1.165, 1.54) is 5.56 Å². The number of hydrogen-bond donors (Lipinski definition) is 1. The summed E-state index contributed by atoms with van der Waals surface area (Å²) in [5, 5.41) is 7.68. The molecule has 0 aliphatic carbocycles. The molecule has 2 aromatic rings. The van der Waals surface area contributed by atoms with Gasteiger partial charge in [-0.3, -0.25) is 0 Å². The van der Waals surface area contributed by atoms with E-state index in [2.05, 4.69) is 57.0 Å². The molecule has 0 aliphatic heterocycles. The van der Waals surface area contributed by atoms with E-state index >= 15 is 0 Å². The maximum Gasteiger partial charge on any atom is 0.0747 e. The molecular weight excluding hydrogens is 414 g/mol. The fraction of sp³-hybridized carbons (Fsp3) is 0.207. The van der Waals surface area contributed by atoms with E-state index in [1.807, 2.05) is 45.1 Å². The molecular formula is C29H34ClNO. The van der Waals surface area contributed by atoms with Gasteiger partial charge in [-0.15, -0.1) is 0 Å². The third-order valence-corrected chi connectivity index (χ3v) is 4.93. The van der Waals surface area contributed by atoms with Crippen LogP contribution in [0, 0.1) is 0 Å². The summed E-state index contributed by atoms with van der Waals surface area (Å²) in [4.78, 5) is 5.00. The van der Waals surface area contributed by atoms with Gasteiger partial charge < -0.3 is 5.11 Å². The van der Waals surface area contributed by atoms with Gasteiger partial charge in [0, 0.05) is 23.3 Å². The van der Waals surface area contributed by atoms with Crippen molar-refractivity contribution in [1.82, 2.24) is 4.98 Å². The molecule has 1 heterocycles. The number of rotatable bonds is 8. The Morgan fingerprint density at radius 1 is 1.12 bits per heavy atom. The zero-order valence-electron chi connectivity index (χ0n) is 19.9. The SMILES string of the molecule is C=C/C=C(\C=C/C)c1ccc(-c2nc(/C=C(\C)Cl)c(C=C)c(C(=C)C)c2CC)cc1.CO. The molecule has 2 nitrogen and oxygen atoms in total. The molecule has 3 heteroatoms. The largest absolute Gasteiger partial charge is 0.400 e. The summed E-state index contributed by atoms with van der Waals surface area (Å²) in [5.41, 5.74) is 9.33. The predicted molar refractivity (Wildman–Crippen MR) is 144 cm³/mol. The van der Waals surface area contributed by atoms with Crippen molar-refractivity contribution in [3.05, 3.63) is 101 Å². The molecule has 32 heavy (non-hydrogen) atoms. The second-order valence-electron chi connectivity index (χ2n) is 7.12. The number of allylic oxidation sites excluding steroid dienone is 7. The van der Waals surface area contributed by atoms with Gasteiger partial charge in [0.2, 0.25) is 0 Å². The lowest BCUT2D eigenvalue weighted by Gasteiger charge is -2.19. The van der Waals surface area contributed by atoms with Crippen molar-refractivity contribution in [2.45, 2.75) is 34.1 Å². The highest BCUT2D eigenvalue weighted by Crippen LogP contribution is 2.35. The fourth-order valence-corrected chi connectivity index (χ4v) is 3.71. The maximum absolute atomic E-state index is 7.00. The topological polar surface area (TPSA) is 33.1 Å². The van der Waals surface area contributed by atoms with E-state index in [1.54, 1.807) is 6.08 Å². The minimum atomic E-state index is 0.675. The first-order valence-electron chi connectivity index (χ1n) is 10.6. The summed E-state index contributed by atoms with van der Waals surface area (Å²) in [6, 6.07) is 8.48. The standard InChI is InChI=1S/C28H30ClN.CH4O/c1-8-12-21(13-9-2)22-14-16-23(17-15-22)28-25(11-4)27(19(5)6)24(10-3)26(30-28)18-20(7)29;1-2/h8-10,12-18H,1,3,5,11H2,2,4,6-7H3;2H,1H3/b13-9-,20-18+,21-12+;. The lowest BCUT2D eigenvalue weighted by Crippen LogP contribution is -2.04. The van der Waals surface area contributed by atoms with Crippen LogP contribution >= 0.6 is 11.6 Å². The van der Waals surface area contributed by atoms with Crippen molar-refractivity contribution in [3.8, 4) is 11.3 Å². The first-order chi connectivity index (χ1) is 15.4. The van der Waals surface area contributed by atoms with Gasteiger partial charge in [0.15, 0.2) is 0 Å². The summed E-state index contributed by atoms with van der Waals surface area (Å²) in [5.74, 6) is 0. The van der Waals surface area contributed by atoms with Crippen molar-refractivity contribution in [2.75, 3.05) is 7.11 Å². The number of aromatic nitrogens is 1. The Bertz CT molecular complexity index is 1050. The zero-order chi connectivity index (χ0) is 24.3. The summed E-state index contributed by atoms with van der Waals surface area (Å²) >= 11 is 6.20. The van der Waals surface area contributed by atoms with Crippen molar-refractivity contribution in [1.29, 1.82) is 0 Å². The summed E-state index contributed by atoms with van der Waals surface area (Å²) in [7, 11) is 1.00. The van der Waals surface area contributed by atoms with E-state index in [0.717, 1.165) is 58.3 Å². The van der Waals surface area contributed by atoms with Gasteiger partial charge in [-0.2, -0.15) is 0 Å². The highest BCUT2D eigenvalue weighted by atomic mass is 35.5. The number of benzene rings is 1. The van der Waals surface area contributed by atoms with Crippen LogP contribution in [0.2, 0.25) is 0 Å². The lowest BCUT2D eigenvalue weighted by atomic mass is 9.89. The first kappa shape index (κ1) is 27.1. The fourth-order valence-electron chi connectivity index (χ4n) is 3.61. The van der Waals surface area contributed by atoms with Crippen molar-refractivity contribution in [2.24, 2.45) is 0 Å². The molecule has 0 spiro atoms. The molecule has 0 amide bonds. The molecule has 0 saturated carbocycles.